The second-order valence-electron chi connectivity index (χ2n) is 5.16. The molecular formula is C18H19FO3. The molecule has 0 bridgehead atoms. The molecule has 0 amide bonds. The fourth-order valence-electron chi connectivity index (χ4n) is 1.97. The van der Waals surface area contributed by atoms with Crippen LogP contribution in [0.3, 0.4) is 0 Å². The summed E-state index contributed by atoms with van der Waals surface area (Å²) in [6.45, 7) is 3.90. The minimum Gasteiger partial charge on any atom is -0.479 e. The lowest BCUT2D eigenvalue weighted by atomic mass is 10.0. The minimum absolute atomic E-state index is 0.114. The van der Waals surface area contributed by atoms with Gasteiger partial charge in [0.05, 0.1) is 6.61 Å². The van der Waals surface area contributed by atoms with Gasteiger partial charge in [0.15, 0.2) is 6.10 Å². The number of rotatable bonds is 6. The van der Waals surface area contributed by atoms with Crippen molar-refractivity contribution >= 4 is 5.97 Å². The molecule has 0 aliphatic heterocycles. The molecular weight excluding hydrogens is 283 g/mol. The molecule has 2 rings (SSSR count). The van der Waals surface area contributed by atoms with Crippen LogP contribution in [0.15, 0.2) is 54.6 Å². The molecule has 0 N–H and O–H groups in total. The summed E-state index contributed by atoms with van der Waals surface area (Å²) in [4.78, 5) is 11.9. The first-order valence-electron chi connectivity index (χ1n) is 7.20. The fourth-order valence-corrected chi connectivity index (χ4v) is 1.97. The molecule has 0 fully saturated rings. The zero-order valence-corrected chi connectivity index (χ0v) is 12.7. The molecule has 0 spiro atoms. The lowest BCUT2D eigenvalue weighted by Gasteiger charge is -2.16. The largest absolute Gasteiger partial charge is 0.479 e. The number of benzene rings is 2. The average Bonchev–Trinajstić information content (AvgIpc) is 2.55. The standard InChI is InChI=1S/C18H19FO3/c1-13(15-6-4-3-5-7-15)12-21-18(20)14(2)22-17-10-8-16(19)9-11-17/h3-11,13-14H,12H2,1-2H3/t13?,14-/m1/s1. The Labute approximate surface area is 129 Å². The van der Waals surface area contributed by atoms with Crippen LogP contribution in [-0.4, -0.2) is 18.7 Å². The van der Waals surface area contributed by atoms with E-state index in [1.54, 1.807) is 6.92 Å². The Balaban J connectivity index is 1.82. The smallest absolute Gasteiger partial charge is 0.347 e. The molecule has 4 heteroatoms. The number of ether oxygens (including phenoxy) is 2. The predicted octanol–water partition coefficient (Wildman–Crippen LogP) is 3.94. The van der Waals surface area contributed by atoms with Gasteiger partial charge in [-0.3, -0.25) is 0 Å². The molecule has 22 heavy (non-hydrogen) atoms. The summed E-state index contributed by atoms with van der Waals surface area (Å²) in [5, 5.41) is 0. The van der Waals surface area contributed by atoms with Gasteiger partial charge in [-0.15, -0.1) is 0 Å². The van der Waals surface area contributed by atoms with Crippen LogP contribution in [0.5, 0.6) is 5.75 Å². The zero-order valence-electron chi connectivity index (χ0n) is 12.7. The summed E-state index contributed by atoms with van der Waals surface area (Å²) in [5.74, 6) is -0.239. The fraction of sp³-hybridized carbons (Fsp3) is 0.278. The van der Waals surface area contributed by atoms with E-state index in [4.69, 9.17) is 9.47 Å². The highest BCUT2D eigenvalue weighted by molar-refractivity contribution is 5.74. The van der Waals surface area contributed by atoms with Gasteiger partial charge in [0.25, 0.3) is 0 Å². The summed E-state index contributed by atoms with van der Waals surface area (Å²) >= 11 is 0. The lowest BCUT2D eigenvalue weighted by molar-refractivity contribution is -0.151. The third kappa shape index (κ3) is 4.58. The molecule has 0 aromatic heterocycles. The molecule has 0 aliphatic carbocycles. The molecule has 2 aromatic carbocycles. The Morgan fingerprint density at radius 3 is 2.32 bits per heavy atom. The number of hydrogen-bond donors (Lipinski definition) is 0. The van der Waals surface area contributed by atoms with Crippen LogP contribution in [0.2, 0.25) is 0 Å². The first-order chi connectivity index (χ1) is 10.6. The van der Waals surface area contributed by atoms with Gasteiger partial charge in [0.1, 0.15) is 11.6 Å². The van der Waals surface area contributed by atoms with Crippen molar-refractivity contribution in [2.75, 3.05) is 6.61 Å². The highest BCUT2D eigenvalue weighted by Crippen LogP contribution is 2.16. The predicted molar refractivity (Wildman–Crippen MR) is 82.3 cm³/mol. The summed E-state index contributed by atoms with van der Waals surface area (Å²) in [6.07, 6.45) is -0.742. The molecule has 116 valence electrons. The van der Waals surface area contributed by atoms with Gasteiger partial charge >= 0.3 is 5.97 Å². The SMILES string of the molecule is CC(COC(=O)[C@@H](C)Oc1ccc(F)cc1)c1ccccc1. The van der Waals surface area contributed by atoms with Crippen molar-refractivity contribution in [3.63, 3.8) is 0 Å². The summed E-state index contributed by atoms with van der Waals surface area (Å²) < 4.78 is 23.5. The minimum atomic E-state index is -0.742. The van der Waals surface area contributed by atoms with Gasteiger partial charge in [-0.1, -0.05) is 37.3 Å². The van der Waals surface area contributed by atoms with Crippen molar-refractivity contribution in [1.82, 2.24) is 0 Å². The maximum Gasteiger partial charge on any atom is 0.347 e. The highest BCUT2D eigenvalue weighted by atomic mass is 19.1. The second-order valence-corrected chi connectivity index (χ2v) is 5.16. The van der Waals surface area contributed by atoms with Crippen molar-refractivity contribution in [2.24, 2.45) is 0 Å². The van der Waals surface area contributed by atoms with E-state index in [0.29, 0.717) is 12.4 Å². The molecule has 1 unspecified atom stereocenters. The maximum atomic E-state index is 12.8. The van der Waals surface area contributed by atoms with E-state index in [-0.39, 0.29) is 11.7 Å². The van der Waals surface area contributed by atoms with Crippen molar-refractivity contribution in [2.45, 2.75) is 25.9 Å². The third-order valence-electron chi connectivity index (χ3n) is 3.30. The Hall–Kier alpha value is -2.36. The van der Waals surface area contributed by atoms with E-state index in [1.807, 2.05) is 37.3 Å². The molecule has 2 atom stereocenters. The summed E-state index contributed by atoms with van der Waals surface area (Å²) in [7, 11) is 0. The number of carbonyl (C=O) groups is 1. The first-order valence-corrected chi connectivity index (χ1v) is 7.20. The quantitative estimate of drug-likeness (QED) is 0.758. The van der Waals surface area contributed by atoms with Crippen LogP contribution in [0, 0.1) is 5.82 Å². The Morgan fingerprint density at radius 2 is 1.68 bits per heavy atom. The molecule has 0 aliphatic rings. The first kappa shape index (κ1) is 16.0. The monoisotopic (exact) mass is 302 g/mol. The van der Waals surface area contributed by atoms with E-state index in [9.17, 15) is 9.18 Å². The lowest BCUT2D eigenvalue weighted by Crippen LogP contribution is -2.27. The highest BCUT2D eigenvalue weighted by Gasteiger charge is 2.18. The van der Waals surface area contributed by atoms with Crippen molar-refractivity contribution in [3.8, 4) is 5.75 Å². The van der Waals surface area contributed by atoms with Crippen molar-refractivity contribution in [1.29, 1.82) is 0 Å². The van der Waals surface area contributed by atoms with Crippen LogP contribution < -0.4 is 4.74 Å². The molecule has 2 aromatic rings. The van der Waals surface area contributed by atoms with E-state index >= 15 is 0 Å². The van der Waals surface area contributed by atoms with E-state index in [0.717, 1.165) is 5.56 Å². The molecule has 0 saturated carbocycles. The van der Waals surface area contributed by atoms with Gasteiger partial charge in [-0.2, -0.15) is 0 Å². The summed E-state index contributed by atoms with van der Waals surface area (Å²) in [5.41, 5.74) is 1.11. The Kier molecular flexibility index (Phi) is 5.53. The molecule has 3 nitrogen and oxygen atoms in total. The van der Waals surface area contributed by atoms with Gasteiger partial charge in [-0.05, 0) is 36.8 Å². The van der Waals surface area contributed by atoms with Crippen molar-refractivity contribution < 1.29 is 18.7 Å². The number of hydrogen-bond acceptors (Lipinski definition) is 3. The van der Waals surface area contributed by atoms with Gasteiger partial charge in [0, 0.05) is 5.92 Å². The summed E-state index contributed by atoms with van der Waals surface area (Å²) in [6, 6.07) is 15.4. The van der Waals surface area contributed by atoms with Crippen molar-refractivity contribution in [3.05, 3.63) is 66.0 Å². The average molecular weight is 302 g/mol. The molecule has 0 radical (unpaired) electrons. The normalized spacial score (nSPS) is 13.2. The Bertz CT molecular complexity index is 595. The van der Waals surface area contributed by atoms with Gasteiger partial charge < -0.3 is 9.47 Å². The van der Waals surface area contributed by atoms with E-state index in [1.165, 1.54) is 24.3 Å². The van der Waals surface area contributed by atoms with Crippen LogP contribution in [-0.2, 0) is 9.53 Å². The van der Waals surface area contributed by atoms with Crippen LogP contribution in [0.1, 0.15) is 25.3 Å². The zero-order chi connectivity index (χ0) is 15.9. The maximum absolute atomic E-state index is 12.8. The van der Waals surface area contributed by atoms with E-state index in [2.05, 4.69) is 0 Å². The van der Waals surface area contributed by atoms with E-state index < -0.39 is 12.1 Å². The van der Waals surface area contributed by atoms with Gasteiger partial charge in [0.2, 0.25) is 0 Å². The van der Waals surface area contributed by atoms with Crippen LogP contribution in [0.4, 0.5) is 4.39 Å². The third-order valence-corrected chi connectivity index (χ3v) is 3.30. The molecule has 0 saturated heterocycles. The number of carbonyl (C=O) groups excluding carboxylic acids is 1. The van der Waals surface area contributed by atoms with Crippen LogP contribution in [0.25, 0.3) is 0 Å². The number of halogens is 1. The topological polar surface area (TPSA) is 35.5 Å². The number of esters is 1. The molecule has 0 heterocycles. The van der Waals surface area contributed by atoms with Crippen LogP contribution >= 0.6 is 0 Å². The second kappa shape index (κ2) is 7.59. The Morgan fingerprint density at radius 1 is 1.05 bits per heavy atom. The van der Waals surface area contributed by atoms with Gasteiger partial charge in [-0.25, -0.2) is 9.18 Å².